The van der Waals surface area contributed by atoms with Gasteiger partial charge in [-0.3, -0.25) is 9.59 Å². The number of aromatic hydroxyl groups is 1. The van der Waals surface area contributed by atoms with Gasteiger partial charge in [0.05, 0.1) is 0 Å². The van der Waals surface area contributed by atoms with Gasteiger partial charge in [0.25, 0.3) is 0 Å². The number of phenolic OH excluding ortho intramolecular Hbond substituents is 1. The van der Waals surface area contributed by atoms with Crippen LogP contribution in [-0.4, -0.2) is 16.7 Å². The summed E-state index contributed by atoms with van der Waals surface area (Å²) in [6.45, 7) is 9.01. The Bertz CT molecular complexity index is 1030. The Morgan fingerprint density at radius 2 is 1.17 bits per heavy atom. The molecule has 1 N–H and O–H groups in total. The van der Waals surface area contributed by atoms with Crippen molar-refractivity contribution in [2.24, 2.45) is 11.8 Å². The van der Waals surface area contributed by atoms with Crippen LogP contribution < -0.4 is 4.74 Å². The Hall–Kier alpha value is -3.40. The van der Waals surface area contributed by atoms with Crippen LogP contribution in [0.3, 0.4) is 0 Å². The molecule has 0 heterocycles. The summed E-state index contributed by atoms with van der Waals surface area (Å²) in [4.78, 5) is 23.6. The van der Waals surface area contributed by atoms with Crippen LogP contribution in [0.15, 0.2) is 78.9 Å². The summed E-state index contributed by atoms with van der Waals surface area (Å²) in [7, 11) is 0. The first-order valence-electron chi connectivity index (χ1n) is 12.4. The van der Waals surface area contributed by atoms with Crippen molar-refractivity contribution in [2.45, 2.75) is 60.0 Å². The molecule has 0 saturated carbocycles. The Morgan fingerprint density at radius 3 is 1.63 bits per heavy atom. The molecule has 4 nitrogen and oxygen atoms in total. The van der Waals surface area contributed by atoms with Gasteiger partial charge in [-0.25, -0.2) is 0 Å². The molecule has 188 valence electrons. The van der Waals surface area contributed by atoms with E-state index < -0.39 is 0 Å². The highest BCUT2D eigenvalue weighted by molar-refractivity contribution is 5.96. The van der Waals surface area contributed by atoms with Crippen LogP contribution in [-0.2, 0) is 6.61 Å². The highest BCUT2D eigenvalue weighted by Gasteiger charge is 2.08. The van der Waals surface area contributed by atoms with E-state index in [0.717, 1.165) is 29.7 Å². The molecule has 3 aromatic rings. The average Bonchev–Trinajstić information content (AvgIpc) is 2.86. The monoisotopic (exact) mass is 476 g/mol. The van der Waals surface area contributed by atoms with Crippen molar-refractivity contribution in [1.82, 2.24) is 0 Å². The molecule has 0 aliphatic heterocycles. The fourth-order valence-electron chi connectivity index (χ4n) is 3.25. The molecule has 0 amide bonds. The molecule has 3 rings (SSSR count). The predicted octanol–water partition coefficient (Wildman–Crippen LogP) is 8.14. The number of rotatable bonds is 11. The lowest BCUT2D eigenvalue weighted by Gasteiger charge is -2.08. The lowest BCUT2D eigenvalue weighted by Crippen LogP contribution is -2.01. The number of hydrogen-bond donors (Lipinski definition) is 1. The van der Waals surface area contributed by atoms with Crippen molar-refractivity contribution in [3.63, 3.8) is 0 Å². The van der Waals surface area contributed by atoms with Crippen LogP contribution in [0.1, 0.15) is 81.1 Å². The number of carbonyl (C=O) groups is 2. The van der Waals surface area contributed by atoms with Crippen molar-refractivity contribution in [1.29, 1.82) is 0 Å². The quantitative estimate of drug-likeness (QED) is 0.284. The van der Waals surface area contributed by atoms with E-state index in [1.54, 1.807) is 24.3 Å². The Morgan fingerprint density at radius 1 is 0.714 bits per heavy atom. The van der Waals surface area contributed by atoms with Crippen molar-refractivity contribution in [3.05, 3.63) is 95.6 Å². The smallest absolute Gasteiger partial charge is 0.162 e. The van der Waals surface area contributed by atoms with Crippen molar-refractivity contribution >= 4 is 11.6 Å². The van der Waals surface area contributed by atoms with Crippen molar-refractivity contribution in [3.8, 4) is 11.5 Å². The van der Waals surface area contributed by atoms with E-state index in [1.807, 2.05) is 54.6 Å². The normalized spacial score (nSPS) is 10.6. The van der Waals surface area contributed by atoms with Gasteiger partial charge in [-0.1, -0.05) is 58.0 Å². The van der Waals surface area contributed by atoms with Gasteiger partial charge in [-0.15, -0.1) is 0 Å². The van der Waals surface area contributed by atoms with Gasteiger partial charge in [-0.2, -0.15) is 0 Å². The lowest BCUT2D eigenvalue weighted by molar-refractivity contribution is 0.0967. The van der Waals surface area contributed by atoms with Crippen LogP contribution in [0.4, 0.5) is 0 Å². The zero-order valence-electron chi connectivity index (χ0n) is 21.4. The summed E-state index contributed by atoms with van der Waals surface area (Å²) >= 11 is 0. The molecule has 0 aliphatic rings. The fraction of sp³-hybridized carbons (Fsp3) is 0.355. The first-order valence-corrected chi connectivity index (χ1v) is 12.4. The number of phenols is 1. The number of hydrogen-bond acceptors (Lipinski definition) is 4. The minimum absolute atomic E-state index is 0. The van der Waals surface area contributed by atoms with Gasteiger partial charge in [-0.05, 0) is 78.8 Å². The highest BCUT2D eigenvalue weighted by Crippen LogP contribution is 2.17. The van der Waals surface area contributed by atoms with Crippen LogP contribution >= 0.6 is 0 Å². The zero-order chi connectivity index (χ0) is 25.6. The van der Waals surface area contributed by atoms with Crippen molar-refractivity contribution < 1.29 is 20.9 Å². The topological polar surface area (TPSA) is 63.6 Å². The molecule has 35 heavy (non-hydrogen) atoms. The molecule has 0 bridgehead atoms. The maximum atomic E-state index is 12.0. The maximum Gasteiger partial charge on any atom is 0.162 e. The van der Waals surface area contributed by atoms with E-state index >= 15 is 0 Å². The molecule has 0 atom stereocenters. The van der Waals surface area contributed by atoms with Crippen LogP contribution in [0.25, 0.3) is 0 Å². The standard InChI is InChI=1S/C19H22O2.C12H16O2.H2/c1-15(2)8-13-19(20)17-9-11-18(12-10-17)21-14-16-6-4-3-5-7-16;1-9(2)3-8-12(14)10-4-6-11(13)7-5-10;/h3-7,9-12,15H,8,13-14H2,1-2H3;4-7,9,13H,3,8H2,1-2H3;1H. The average molecular weight is 477 g/mol. The summed E-state index contributed by atoms with van der Waals surface area (Å²) in [5.74, 6) is 2.46. The number of Topliss-reactive ketones (excluding diaryl/α,β-unsaturated/α-hetero) is 2. The largest absolute Gasteiger partial charge is 0.508 e. The first-order chi connectivity index (χ1) is 16.7. The fourth-order valence-corrected chi connectivity index (χ4v) is 3.25. The second-order valence-electron chi connectivity index (χ2n) is 9.56. The van der Waals surface area contributed by atoms with Crippen LogP contribution in [0.5, 0.6) is 11.5 Å². The van der Waals surface area contributed by atoms with E-state index in [9.17, 15) is 9.59 Å². The predicted molar refractivity (Wildman–Crippen MR) is 144 cm³/mol. The zero-order valence-corrected chi connectivity index (χ0v) is 21.4. The van der Waals surface area contributed by atoms with Crippen molar-refractivity contribution in [2.75, 3.05) is 0 Å². The molecule has 0 spiro atoms. The molecule has 0 aliphatic carbocycles. The number of carbonyl (C=O) groups excluding carboxylic acids is 2. The molecule has 0 fully saturated rings. The minimum atomic E-state index is 0. The van der Waals surface area contributed by atoms with E-state index in [-0.39, 0.29) is 18.7 Å². The molecule has 0 radical (unpaired) electrons. The number of benzene rings is 3. The SMILES string of the molecule is CC(C)CCC(=O)c1ccc(O)cc1.CC(C)CCC(=O)c1ccc(OCc2ccccc2)cc1.[HH]. The van der Waals surface area contributed by atoms with Gasteiger partial charge >= 0.3 is 0 Å². The summed E-state index contributed by atoms with van der Waals surface area (Å²) in [5.41, 5.74) is 2.58. The molecule has 0 unspecified atom stereocenters. The second-order valence-corrected chi connectivity index (χ2v) is 9.56. The second kappa shape index (κ2) is 14.8. The summed E-state index contributed by atoms with van der Waals surface area (Å²) in [6, 6.07) is 23.9. The van der Waals surface area contributed by atoms with E-state index in [4.69, 9.17) is 9.84 Å². The minimum Gasteiger partial charge on any atom is -0.508 e. The molecular formula is C31H40O4. The highest BCUT2D eigenvalue weighted by atomic mass is 16.5. The Kier molecular flexibility index (Phi) is 11.8. The summed E-state index contributed by atoms with van der Waals surface area (Å²) < 4.78 is 5.71. The van der Waals surface area contributed by atoms with Crippen LogP contribution in [0, 0.1) is 11.8 Å². The molecule has 0 aromatic heterocycles. The summed E-state index contributed by atoms with van der Waals surface area (Å²) in [5, 5.41) is 9.05. The third-order valence-electron chi connectivity index (χ3n) is 5.51. The summed E-state index contributed by atoms with van der Waals surface area (Å²) in [6.07, 6.45) is 3.05. The van der Waals surface area contributed by atoms with Gasteiger partial charge in [0.1, 0.15) is 18.1 Å². The van der Waals surface area contributed by atoms with Gasteiger partial charge in [0.15, 0.2) is 11.6 Å². The van der Waals surface area contributed by atoms with Gasteiger partial charge < -0.3 is 9.84 Å². The number of ketones is 2. The van der Waals surface area contributed by atoms with Gasteiger partial charge in [0, 0.05) is 25.4 Å². The Balaban J connectivity index is 0.000000379. The first kappa shape index (κ1) is 27.8. The van der Waals surface area contributed by atoms with E-state index in [0.29, 0.717) is 36.8 Å². The molecule has 4 heteroatoms. The van der Waals surface area contributed by atoms with Crippen LogP contribution in [0.2, 0.25) is 0 Å². The van der Waals surface area contributed by atoms with Gasteiger partial charge in [0.2, 0.25) is 0 Å². The van der Waals surface area contributed by atoms with E-state index in [2.05, 4.69) is 27.7 Å². The lowest BCUT2D eigenvalue weighted by atomic mass is 10.0. The van der Waals surface area contributed by atoms with E-state index in [1.165, 1.54) is 0 Å². The molecule has 3 aromatic carbocycles. The number of ether oxygens (including phenoxy) is 1. The maximum absolute atomic E-state index is 12.0. The Labute approximate surface area is 211 Å². The molecular weight excluding hydrogens is 436 g/mol. The third-order valence-corrected chi connectivity index (χ3v) is 5.51. The third kappa shape index (κ3) is 11.0. The molecule has 0 saturated heterocycles.